The first-order valence-corrected chi connectivity index (χ1v) is 8.69. The van der Waals surface area contributed by atoms with Gasteiger partial charge in [-0.2, -0.15) is 0 Å². The number of allylic oxidation sites excluding steroid dienone is 1. The van der Waals surface area contributed by atoms with Crippen LogP contribution in [0.2, 0.25) is 5.02 Å². The molecule has 1 heterocycles. The lowest BCUT2D eigenvalue weighted by molar-refractivity contribution is 0.0734. The molecule has 0 aromatic heterocycles. The van der Waals surface area contributed by atoms with Crippen LogP contribution in [0.3, 0.4) is 0 Å². The van der Waals surface area contributed by atoms with E-state index in [1.165, 1.54) is 30.3 Å². The zero-order valence-electron chi connectivity index (χ0n) is 14.3. The van der Waals surface area contributed by atoms with Gasteiger partial charge in [-0.15, -0.1) is 0 Å². The van der Waals surface area contributed by atoms with Crippen molar-refractivity contribution in [3.8, 4) is 11.5 Å². The van der Waals surface area contributed by atoms with Crippen LogP contribution in [0.15, 0.2) is 72.5 Å². The molecule has 0 aliphatic carbocycles. The molecule has 0 amide bonds. The maximum Gasteiger partial charge on any atom is 0.343 e. The van der Waals surface area contributed by atoms with E-state index in [4.69, 9.17) is 21.1 Å². The van der Waals surface area contributed by atoms with Crippen LogP contribution in [0.1, 0.15) is 26.3 Å². The second-order valence-electron chi connectivity index (χ2n) is 6.02. The number of carbonyl (C=O) groups is 2. The molecule has 0 N–H and O–H groups in total. The lowest BCUT2D eigenvalue weighted by Crippen LogP contribution is -2.08. The minimum absolute atomic E-state index is 0.00118. The van der Waals surface area contributed by atoms with Crippen LogP contribution in [0.5, 0.6) is 11.5 Å². The number of hydrogen-bond donors (Lipinski definition) is 0. The number of Topliss-reactive ketones (excluding diaryl/α,β-unsaturated/α-hetero) is 1. The van der Waals surface area contributed by atoms with E-state index < -0.39 is 11.8 Å². The van der Waals surface area contributed by atoms with E-state index in [1.54, 1.807) is 42.5 Å². The molecule has 0 radical (unpaired) electrons. The quantitative estimate of drug-likeness (QED) is 0.343. The van der Waals surface area contributed by atoms with Crippen molar-refractivity contribution < 1.29 is 23.5 Å². The number of carbonyl (C=O) groups excluding carboxylic acids is 2. The Bertz CT molecular complexity index is 1120. The standard InChI is InChI=1S/C22H12ClFO4/c23-15-7-5-13(6-8-15)22(26)27-16-9-10-17-19(12-16)28-20(21(17)25)11-14-3-1-2-4-18(14)24/h1-12H. The van der Waals surface area contributed by atoms with Crippen molar-refractivity contribution in [3.05, 3.63) is 100 Å². The summed E-state index contributed by atoms with van der Waals surface area (Å²) in [5.74, 6) is -0.925. The highest BCUT2D eigenvalue weighted by atomic mass is 35.5. The Morgan fingerprint density at radius 3 is 2.54 bits per heavy atom. The largest absolute Gasteiger partial charge is 0.452 e. The second kappa shape index (κ2) is 7.29. The zero-order chi connectivity index (χ0) is 19.7. The lowest BCUT2D eigenvalue weighted by Gasteiger charge is -2.06. The molecule has 3 aromatic rings. The number of hydrogen-bond acceptors (Lipinski definition) is 4. The summed E-state index contributed by atoms with van der Waals surface area (Å²) < 4.78 is 24.7. The van der Waals surface area contributed by atoms with Crippen LogP contribution in [0.4, 0.5) is 4.39 Å². The summed E-state index contributed by atoms with van der Waals surface area (Å²) in [5, 5.41) is 0.509. The third kappa shape index (κ3) is 3.52. The average Bonchev–Trinajstić information content (AvgIpc) is 2.99. The fourth-order valence-electron chi connectivity index (χ4n) is 2.72. The van der Waals surface area contributed by atoms with Gasteiger partial charge in [-0.25, -0.2) is 9.18 Å². The molecule has 1 aliphatic heterocycles. The summed E-state index contributed by atoms with van der Waals surface area (Å²) in [4.78, 5) is 24.7. The van der Waals surface area contributed by atoms with E-state index in [1.807, 2.05) is 0 Å². The number of rotatable bonds is 3. The van der Waals surface area contributed by atoms with Gasteiger partial charge in [0.05, 0.1) is 11.1 Å². The van der Waals surface area contributed by atoms with Gasteiger partial charge in [-0.3, -0.25) is 4.79 Å². The Morgan fingerprint density at radius 2 is 1.79 bits per heavy atom. The Morgan fingerprint density at radius 1 is 1.04 bits per heavy atom. The van der Waals surface area contributed by atoms with Crippen LogP contribution < -0.4 is 9.47 Å². The van der Waals surface area contributed by atoms with E-state index >= 15 is 0 Å². The minimum atomic E-state index is -0.567. The van der Waals surface area contributed by atoms with Gasteiger partial charge in [0.1, 0.15) is 17.3 Å². The van der Waals surface area contributed by atoms with Crippen molar-refractivity contribution in [2.45, 2.75) is 0 Å². The average molecular weight is 395 g/mol. The predicted octanol–water partition coefficient (Wildman–Crippen LogP) is 5.31. The number of halogens is 2. The lowest BCUT2D eigenvalue weighted by atomic mass is 10.1. The maximum atomic E-state index is 13.8. The summed E-state index contributed by atoms with van der Waals surface area (Å²) in [6, 6.07) is 16.8. The second-order valence-corrected chi connectivity index (χ2v) is 6.45. The van der Waals surface area contributed by atoms with Crippen LogP contribution in [-0.2, 0) is 0 Å². The van der Waals surface area contributed by atoms with Gasteiger partial charge in [-0.05, 0) is 48.5 Å². The van der Waals surface area contributed by atoms with Gasteiger partial charge in [0.25, 0.3) is 0 Å². The molecule has 0 fully saturated rings. The number of ether oxygens (including phenoxy) is 2. The van der Waals surface area contributed by atoms with Gasteiger partial charge in [0.2, 0.25) is 5.78 Å². The molecule has 1 aliphatic rings. The molecule has 0 saturated heterocycles. The molecule has 0 saturated carbocycles. The minimum Gasteiger partial charge on any atom is -0.452 e. The molecule has 0 bridgehead atoms. The van der Waals surface area contributed by atoms with E-state index in [9.17, 15) is 14.0 Å². The normalized spacial score (nSPS) is 13.9. The monoisotopic (exact) mass is 394 g/mol. The number of esters is 1. The number of fused-ring (bicyclic) bond motifs is 1. The van der Waals surface area contributed by atoms with E-state index in [0.717, 1.165) is 0 Å². The first kappa shape index (κ1) is 17.9. The van der Waals surface area contributed by atoms with E-state index in [2.05, 4.69) is 0 Å². The zero-order valence-corrected chi connectivity index (χ0v) is 15.1. The highest BCUT2D eigenvalue weighted by Gasteiger charge is 2.28. The van der Waals surface area contributed by atoms with Crippen LogP contribution in [-0.4, -0.2) is 11.8 Å². The molecular weight excluding hydrogens is 383 g/mol. The Balaban J connectivity index is 1.56. The molecule has 4 rings (SSSR count). The summed E-state index contributed by atoms with van der Waals surface area (Å²) in [7, 11) is 0. The van der Waals surface area contributed by atoms with E-state index in [0.29, 0.717) is 16.1 Å². The molecular formula is C22H12ClFO4. The summed E-state index contributed by atoms with van der Waals surface area (Å²) >= 11 is 5.81. The predicted molar refractivity (Wildman–Crippen MR) is 102 cm³/mol. The van der Waals surface area contributed by atoms with Crippen LogP contribution in [0.25, 0.3) is 6.08 Å². The molecule has 138 valence electrons. The fraction of sp³-hybridized carbons (Fsp3) is 0. The van der Waals surface area contributed by atoms with Crippen LogP contribution >= 0.6 is 11.6 Å². The van der Waals surface area contributed by atoms with Gasteiger partial charge >= 0.3 is 5.97 Å². The molecule has 0 unspecified atom stereocenters. The van der Waals surface area contributed by atoms with Gasteiger partial charge in [0, 0.05) is 16.7 Å². The van der Waals surface area contributed by atoms with Crippen molar-refractivity contribution in [3.63, 3.8) is 0 Å². The number of benzene rings is 3. The van der Waals surface area contributed by atoms with Gasteiger partial charge in [-0.1, -0.05) is 29.8 Å². The van der Waals surface area contributed by atoms with Crippen molar-refractivity contribution >= 4 is 29.4 Å². The molecule has 6 heteroatoms. The van der Waals surface area contributed by atoms with Crippen molar-refractivity contribution in [2.75, 3.05) is 0 Å². The highest BCUT2D eigenvalue weighted by Crippen LogP contribution is 2.35. The smallest absolute Gasteiger partial charge is 0.343 e. The Kier molecular flexibility index (Phi) is 4.67. The maximum absolute atomic E-state index is 13.8. The topological polar surface area (TPSA) is 52.6 Å². The third-order valence-corrected chi connectivity index (χ3v) is 4.38. The molecule has 0 atom stereocenters. The Hall–Kier alpha value is -3.44. The molecule has 0 spiro atoms. The first-order valence-electron chi connectivity index (χ1n) is 8.32. The van der Waals surface area contributed by atoms with Crippen molar-refractivity contribution in [2.24, 2.45) is 0 Å². The van der Waals surface area contributed by atoms with Crippen molar-refractivity contribution in [1.82, 2.24) is 0 Å². The third-order valence-electron chi connectivity index (χ3n) is 4.12. The Labute approximate surface area is 164 Å². The fourth-order valence-corrected chi connectivity index (χ4v) is 2.84. The van der Waals surface area contributed by atoms with Crippen molar-refractivity contribution in [1.29, 1.82) is 0 Å². The summed E-state index contributed by atoms with van der Waals surface area (Å²) in [6.07, 6.45) is 1.34. The SMILES string of the molecule is O=C(Oc1ccc2c(c1)OC(=Cc1ccccc1F)C2=O)c1ccc(Cl)cc1. The molecule has 4 nitrogen and oxygen atoms in total. The number of ketones is 1. The highest BCUT2D eigenvalue weighted by molar-refractivity contribution is 6.30. The van der Waals surface area contributed by atoms with E-state index in [-0.39, 0.29) is 28.6 Å². The summed E-state index contributed by atoms with van der Waals surface area (Å²) in [5.41, 5.74) is 0.893. The first-order chi connectivity index (χ1) is 13.5. The van der Waals surface area contributed by atoms with Crippen LogP contribution in [0, 0.1) is 5.82 Å². The van der Waals surface area contributed by atoms with Gasteiger partial charge < -0.3 is 9.47 Å². The summed E-state index contributed by atoms with van der Waals surface area (Å²) in [6.45, 7) is 0. The molecule has 3 aromatic carbocycles. The molecule has 28 heavy (non-hydrogen) atoms. The van der Waals surface area contributed by atoms with Gasteiger partial charge in [0.15, 0.2) is 5.76 Å².